The molecule has 3 radical (unpaired) electrons. The molecule has 0 fully saturated rings. The standard InChI is InChI=1S/C4H10O.N/c1-3-5-4-2;/h3-4H2,1-2H3;. The van der Waals surface area contributed by atoms with Gasteiger partial charge in [-0.2, -0.15) is 0 Å². The van der Waals surface area contributed by atoms with Crippen LogP contribution in [-0.2, 0) is 4.74 Å². The number of ether oxygens (including phenoxy) is 1. The molecule has 0 aliphatic heterocycles. The van der Waals surface area contributed by atoms with Gasteiger partial charge in [0.25, 0.3) is 0 Å². The molecule has 0 aromatic heterocycles. The number of hydrogen-bond donors (Lipinski definition) is 0. The van der Waals surface area contributed by atoms with Gasteiger partial charge in [-0.3, -0.25) is 0 Å². The van der Waals surface area contributed by atoms with E-state index in [9.17, 15) is 0 Å². The third kappa shape index (κ3) is 9.07. The van der Waals surface area contributed by atoms with Crippen molar-refractivity contribution in [1.82, 2.24) is 6.15 Å². The zero-order chi connectivity index (χ0) is 4.12. The van der Waals surface area contributed by atoms with Crippen molar-refractivity contribution in [2.24, 2.45) is 0 Å². The van der Waals surface area contributed by atoms with Crippen LogP contribution in [0.3, 0.4) is 0 Å². The van der Waals surface area contributed by atoms with Crippen molar-refractivity contribution in [3.8, 4) is 0 Å². The van der Waals surface area contributed by atoms with Gasteiger partial charge in [-0.05, 0) is 13.8 Å². The lowest BCUT2D eigenvalue weighted by Gasteiger charge is -1.86. The van der Waals surface area contributed by atoms with Crippen molar-refractivity contribution in [2.75, 3.05) is 13.2 Å². The van der Waals surface area contributed by atoms with Crippen LogP contribution in [0.2, 0.25) is 0 Å². The first-order valence-electron chi connectivity index (χ1n) is 1.99. The van der Waals surface area contributed by atoms with Gasteiger partial charge in [-0.1, -0.05) is 0 Å². The van der Waals surface area contributed by atoms with Gasteiger partial charge in [0.2, 0.25) is 0 Å². The Morgan fingerprint density at radius 2 is 1.50 bits per heavy atom. The summed E-state index contributed by atoms with van der Waals surface area (Å²) in [4.78, 5) is 0. The lowest BCUT2D eigenvalue weighted by atomic mass is 10.8. The number of hydrogen-bond acceptors (Lipinski definition) is 1. The Labute approximate surface area is 39.1 Å². The van der Waals surface area contributed by atoms with Crippen LogP contribution in [0.1, 0.15) is 13.8 Å². The van der Waals surface area contributed by atoms with Crippen molar-refractivity contribution in [3.63, 3.8) is 0 Å². The molecule has 0 aliphatic carbocycles. The van der Waals surface area contributed by atoms with E-state index >= 15 is 0 Å². The summed E-state index contributed by atoms with van der Waals surface area (Å²) in [5.41, 5.74) is 0. The van der Waals surface area contributed by atoms with E-state index in [-0.39, 0.29) is 6.15 Å². The van der Waals surface area contributed by atoms with E-state index in [1.165, 1.54) is 0 Å². The minimum Gasteiger partial charge on any atom is -0.382 e. The summed E-state index contributed by atoms with van der Waals surface area (Å²) in [6.07, 6.45) is 0. The minimum atomic E-state index is 0. The first-order chi connectivity index (χ1) is 2.41. The second kappa shape index (κ2) is 8.87. The van der Waals surface area contributed by atoms with Gasteiger partial charge in [0.15, 0.2) is 0 Å². The lowest BCUT2D eigenvalue weighted by Crippen LogP contribution is -1.84. The van der Waals surface area contributed by atoms with Gasteiger partial charge in [0.1, 0.15) is 0 Å². The Bertz CT molecular complexity index is 15.0. The fourth-order valence-electron chi connectivity index (χ4n) is 0.204. The highest BCUT2D eigenvalue weighted by atomic mass is 16.5. The Kier molecular flexibility index (Phi) is 13.8. The highest BCUT2D eigenvalue weighted by Crippen LogP contribution is 1.64. The average molecular weight is 88.1 g/mol. The van der Waals surface area contributed by atoms with E-state index in [2.05, 4.69) is 0 Å². The van der Waals surface area contributed by atoms with Crippen LogP contribution in [0.5, 0.6) is 0 Å². The molecule has 0 aromatic carbocycles. The molecular formula is C4H10NO. The summed E-state index contributed by atoms with van der Waals surface area (Å²) in [5, 5.41) is 0. The molecule has 0 amide bonds. The molecule has 0 unspecified atom stereocenters. The largest absolute Gasteiger partial charge is 0.382 e. The van der Waals surface area contributed by atoms with Gasteiger partial charge >= 0.3 is 0 Å². The maximum Gasteiger partial charge on any atom is 0.0437 e. The van der Waals surface area contributed by atoms with E-state index < -0.39 is 0 Å². The SMILES string of the molecule is CCOCC.[N]. The highest BCUT2D eigenvalue weighted by Gasteiger charge is 1.64. The van der Waals surface area contributed by atoms with Crippen LogP contribution in [0.15, 0.2) is 0 Å². The summed E-state index contributed by atoms with van der Waals surface area (Å²) < 4.78 is 4.83. The first-order valence-corrected chi connectivity index (χ1v) is 1.99. The Hall–Kier alpha value is -0.0800. The van der Waals surface area contributed by atoms with E-state index in [1.54, 1.807) is 0 Å². The Morgan fingerprint density at radius 1 is 1.17 bits per heavy atom. The van der Waals surface area contributed by atoms with Crippen molar-refractivity contribution in [3.05, 3.63) is 0 Å². The molecule has 0 N–H and O–H groups in total. The third-order valence-electron chi connectivity index (χ3n) is 0.408. The summed E-state index contributed by atoms with van der Waals surface area (Å²) in [6.45, 7) is 5.67. The zero-order valence-electron chi connectivity index (χ0n) is 4.27. The molecule has 0 heterocycles. The van der Waals surface area contributed by atoms with E-state index in [0.29, 0.717) is 0 Å². The molecule has 2 nitrogen and oxygen atoms in total. The van der Waals surface area contributed by atoms with Crippen LogP contribution < -0.4 is 6.15 Å². The molecule has 0 saturated carbocycles. The predicted octanol–water partition coefficient (Wildman–Crippen LogP) is 0.562. The van der Waals surface area contributed by atoms with Crippen LogP contribution in [0, 0.1) is 0 Å². The Morgan fingerprint density at radius 3 is 1.50 bits per heavy atom. The fourth-order valence-corrected chi connectivity index (χ4v) is 0.204. The third-order valence-corrected chi connectivity index (χ3v) is 0.408. The second-order valence-electron chi connectivity index (χ2n) is 0.781. The molecule has 0 atom stereocenters. The minimum absolute atomic E-state index is 0. The molecule has 0 aromatic rings. The predicted molar refractivity (Wildman–Crippen MR) is 24.3 cm³/mol. The summed E-state index contributed by atoms with van der Waals surface area (Å²) >= 11 is 0. The maximum atomic E-state index is 4.83. The van der Waals surface area contributed by atoms with Gasteiger partial charge in [-0.25, -0.2) is 0 Å². The Balaban J connectivity index is 0. The smallest absolute Gasteiger partial charge is 0.0437 e. The quantitative estimate of drug-likeness (QED) is 0.486. The van der Waals surface area contributed by atoms with Crippen molar-refractivity contribution >= 4 is 0 Å². The second-order valence-corrected chi connectivity index (χ2v) is 0.781. The van der Waals surface area contributed by atoms with E-state index in [4.69, 9.17) is 4.74 Å². The summed E-state index contributed by atoms with van der Waals surface area (Å²) in [6, 6.07) is 0. The number of rotatable bonds is 2. The molecule has 0 rings (SSSR count). The molecule has 0 bridgehead atoms. The molecule has 0 spiro atoms. The molecule has 6 heavy (non-hydrogen) atoms. The highest BCUT2D eigenvalue weighted by molar-refractivity contribution is 4.07. The van der Waals surface area contributed by atoms with Gasteiger partial charge in [0, 0.05) is 19.4 Å². The van der Waals surface area contributed by atoms with Crippen molar-refractivity contribution < 1.29 is 4.74 Å². The normalized spacial score (nSPS) is 7.00. The summed E-state index contributed by atoms with van der Waals surface area (Å²) in [5.74, 6) is 0. The number of nitrogens with zero attached hydrogens (tertiary/aromatic N) is 1. The van der Waals surface area contributed by atoms with Crippen molar-refractivity contribution in [2.45, 2.75) is 13.8 Å². The van der Waals surface area contributed by atoms with Gasteiger partial charge < -0.3 is 4.74 Å². The van der Waals surface area contributed by atoms with Crippen LogP contribution in [0.4, 0.5) is 0 Å². The van der Waals surface area contributed by atoms with Crippen molar-refractivity contribution in [1.29, 1.82) is 0 Å². The van der Waals surface area contributed by atoms with Crippen LogP contribution in [0.25, 0.3) is 0 Å². The van der Waals surface area contributed by atoms with Gasteiger partial charge in [0.05, 0.1) is 0 Å². The zero-order valence-corrected chi connectivity index (χ0v) is 4.27. The van der Waals surface area contributed by atoms with E-state index in [1.807, 2.05) is 13.8 Å². The average Bonchev–Trinajstić information content (AvgIpc) is 1.41. The fraction of sp³-hybridized carbons (Fsp3) is 1.00. The summed E-state index contributed by atoms with van der Waals surface area (Å²) in [7, 11) is 0. The molecular weight excluding hydrogens is 78.0 g/mol. The molecule has 0 aliphatic rings. The molecule has 2 heteroatoms. The van der Waals surface area contributed by atoms with Crippen LogP contribution >= 0.6 is 0 Å². The van der Waals surface area contributed by atoms with Gasteiger partial charge in [-0.15, -0.1) is 0 Å². The monoisotopic (exact) mass is 88.1 g/mol. The molecule has 0 saturated heterocycles. The molecule has 37 valence electrons. The lowest BCUT2D eigenvalue weighted by molar-refractivity contribution is 0.162. The topological polar surface area (TPSA) is 39.7 Å². The van der Waals surface area contributed by atoms with Crippen LogP contribution in [-0.4, -0.2) is 13.2 Å². The van der Waals surface area contributed by atoms with E-state index in [0.717, 1.165) is 13.2 Å². The maximum absolute atomic E-state index is 4.83. The first kappa shape index (κ1) is 9.33.